The van der Waals surface area contributed by atoms with Gasteiger partial charge in [-0.3, -0.25) is 4.98 Å². The molecule has 1 aliphatic heterocycles. The molecule has 0 bridgehead atoms. The molecule has 1 aromatic heterocycles. The van der Waals surface area contributed by atoms with Gasteiger partial charge in [0.2, 0.25) is 0 Å². The molecule has 0 unspecified atom stereocenters. The number of benzene rings is 1. The fourth-order valence-electron chi connectivity index (χ4n) is 2.50. The maximum atomic E-state index is 5.50. The van der Waals surface area contributed by atoms with Crippen LogP contribution in [-0.2, 0) is 13.0 Å². The van der Waals surface area contributed by atoms with E-state index in [0.717, 1.165) is 36.5 Å². The molecule has 0 saturated heterocycles. The zero-order valence-corrected chi connectivity index (χ0v) is 10.4. The highest BCUT2D eigenvalue weighted by atomic mass is 16.5. The molecule has 3 rings (SSSR count). The number of nitrogens with one attached hydrogen (secondary N) is 1. The summed E-state index contributed by atoms with van der Waals surface area (Å²) in [5, 5.41) is 3.42. The van der Waals surface area contributed by atoms with Crippen molar-refractivity contribution in [2.24, 2.45) is 0 Å². The lowest BCUT2D eigenvalue weighted by Gasteiger charge is -2.22. The SMILES string of the molecule is COc1ccc2c(c1-c1ccccn1)CNCC2. The second kappa shape index (κ2) is 4.78. The van der Waals surface area contributed by atoms with Crippen LogP contribution in [0, 0.1) is 0 Å². The number of hydrogen-bond donors (Lipinski definition) is 1. The first-order valence-electron chi connectivity index (χ1n) is 6.21. The topological polar surface area (TPSA) is 34.1 Å². The van der Waals surface area contributed by atoms with Gasteiger partial charge in [-0.2, -0.15) is 0 Å². The van der Waals surface area contributed by atoms with Gasteiger partial charge < -0.3 is 10.1 Å². The highest BCUT2D eigenvalue weighted by Crippen LogP contribution is 2.35. The molecule has 0 aliphatic carbocycles. The summed E-state index contributed by atoms with van der Waals surface area (Å²) in [6, 6.07) is 10.2. The van der Waals surface area contributed by atoms with Gasteiger partial charge in [-0.15, -0.1) is 0 Å². The first-order chi connectivity index (χ1) is 8.90. The molecule has 2 heterocycles. The Morgan fingerprint density at radius 2 is 2.17 bits per heavy atom. The maximum absolute atomic E-state index is 5.50. The Bertz CT molecular complexity index is 552. The van der Waals surface area contributed by atoms with E-state index in [9.17, 15) is 0 Å². The van der Waals surface area contributed by atoms with Crippen molar-refractivity contribution in [1.82, 2.24) is 10.3 Å². The average Bonchev–Trinajstić information content (AvgIpc) is 2.47. The number of pyridine rings is 1. The van der Waals surface area contributed by atoms with E-state index < -0.39 is 0 Å². The second-order valence-corrected chi connectivity index (χ2v) is 4.42. The van der Waals surface area contributed by atoms with Crippen molar-refractivity contribution in [3.63, 3.8) is 0 Å². The van der Waals surface area contributed by atoms with Crippen LogP contribution in [0.3, 0.4) is 0 Å². The van der Waals surface area contributed by atoms with Gasteiger partial charge in [0.15, 0.2) is 0 Å². The van der Waals surface area contributed by atoms with Crippen LogP contribution in [0.5, 0.6) is 5.75 Å². The summed E-state index contributed by atoms with van der Waals surface area (Å²) in [6.07, 6.45) is 2.89. The van der Waals surface area contributed by atoms with Crippen LogP contribution in [-0.4, -0.2) is 18.6 Å². The van der Waals surface area contributed by atoms with Gasteiger partial charge in [-0.1, -0.05) is 12.1 Å². The van der Waals surface area contributed by atoms with Crippen molar-refractivity contribution in [2.75, 3.05) is 13.7 Å². The van der Waals surface area contributed by atoms with Gasteiger partial charge in [0.25, 0.3) is 0 Å². The van der Waals surface area contributed by atoms with Crippen LogP contribution >= 0.6 is 0 Å². The molecule has 1 aliphatic rings. The molecular weight excluding hydrogens is 224 g/mol. The van der Waals surface area contributed by atoms with E-state index in [0.29, 0.717) is 0 Å². The molecule has 2 aromatic rings. The molecule has 0 radical (unpaired) electrons. The molecular formula is C15H16N2O. The van der Waals surface area contributed by atoms with E-state index in [-0.39, 0.29) is 0 Å². The van der Waals surface area contributed by atoms with Crippen LogP contribution in [0.25, 0.3) is 11.3 Å². The summed E-state index contributed by atoms with van der Waals surface area (Å²) in [6.45, 7) is 1.93. The Morgan fingerprint density at radius 3 is 2.94 bits per heavy atom. The monoisotopic (exact) mass is 240 g/mol. The van der Waals surface area contributed by atoms with Crippen LogP contribution < -0.4 is 10.1 Å². The van der Waals surface area contributed by atoms with E-state index in [1.807, 2.05) is 30.5 Å². The average molecular weight is 240 g/mol. The summed E-state index contributed by atoms with van der Waals surface area (Å²) < 4.78 is 5.50. The van der Waals surface area contributed by atoms with Gasteiger partial charge in [-0.05, 0) is 42.3 Å². The third-order valence-electron chi connectivity index (χ3n) is 3.39. The molecule has 0 spiro atoms. The van der Waals surface area contributed by atoms with Gasteiger partial charge >= 0.3 is 0 Å². The number of aromatic nitrogens is 1. The molecule has 92 valence electrons. The van der Waals surface area contributed by atoms with Crippen LogP contribution in [0.4, 0.5) is 0 Å². The predicted octanol–water partition coefficient (Wildman–Crippen LogP) is 2.40. The highest BCUT2D eigenvalue weighted by molar-refractivity contribution is 5.73. The first kappa shape index (κ1) is 11.2. The number of hydrogen-bond acceptors (Lipinski definition) is 3. The fourth-order valence-corrected chi connectivity index (χ4v) is 2.50. The molecule has 1 N–H and O–H groups in total. The summed E-state index contributed by atoms with van der Waals surface area (Å²) in [7, 11) is 1.71. The number of fused-ring (bicyclic) bond motifs is 1. The Morgan fingerprint density at radius 1 is 1.22 bits per heavy atom. The van der Waals surface area contributed by atoms with Crippen LogP contribution in [0.1, 0.15) is 11.1 Å². The molecule has 1 aromatic carbocycles. The van der Waals surface area contributed by atoms with Crippen molar-refractivity contribution in [1.29, 1.82) is 0 Å². The molecule has 0 fully saturated rings. The minimum atomic E-state index is 0.887. The number of ether oxygens (including phenoxy) is 1. The lowest BCUT2D eigenvalue weighted by Crippen LogP contribution is -2.24. The summed E-state index contributed by atoms with van der Waals surface area (Å²) in [5.41, 5.74) is 4.83. The van der Waals surface area contributed by atoms with E-state index >= 15 is 0 Å². The summed E-state index contributed by atoms with van der Waals surface area (Å²) in [5.74, 6) is 0.899. The largest absolute Gasteiger partial charge is 0.496 e. The van der Waals surface area contributed by atoms with Gasteiger partial charge in [0, 0.05) is 18.3 Å². The molecule has 3 heteroatoms. The van der Waals surface area contributed by atoms with Crippen LogP contribution in [0.2, 0.25) is 0 Å². The normalized spacial score (nSPS) is 14.1. The van der Waals surface area contributed by atoms with Crippen LogP contribution in [0.15, 0.2) is 36.5 Å². The standard InChI is InChI=1S/C15H16N2O/c1-18-14-6-5-11-7-9-16-10-12(11)15(14)13-4-2-3-8-17-13/h2-6,8,16H,7,9-10H2,1H3. The Labute approximate surface area is 107 Å². The van der Waals surface area contributed by atoms with E-state index in [2.05, 4.69) is 16.4 Å². The first-order valence-corrected chi connectivity index (χ1v) is 6.21. The number of rotatable bonds is 2. The highest BCUT2D eigenvalue weighted by Gasteiger charge is 2.18. The second-order valence-electron chi connectivity index (χ2n) is 4.42. The third kappa shape index (κ3) is 1.87. The summed E-state index contributed by atoms with van der Waals surface area (Å²) >= 11 is 0. The Kier molecular flexibility index (Phi) is 2.99. The number of nitrogens with zero attached hydrogens (tertiary/aromatic N) is 1. The van der Waals surface area contributed by atoms with E-state index in [1.165, 1.54) is 11.1 Å². The quantitative estimate of drug-likeness (QED) is 0.875. The smallest absolute Gasteiger partial charge is 0.128 e. The summed E-state index contributed by atoms with van der Waals surface area (Å²) in [4.78, 5) is 4.46. The Balaban J connectivity index is 2.22. The third-order valence-corrected chi connectivity index (χ3v) is 3.39. The number of methoxy groups -OCH3 is 1. The zero-order chi connectivity index (χ0) is 12.4. The van der Waals surface area contributed by atoms with Crippen molar-refractivity contribution in [2.45, 2.75) is 13.0 Å². The minimum absolute atomic E-state index is 0.887. The minimum Gasteiger partial charge on any atom is -0.496 e. The van der Waals surface area contributed by atoms with Gasteiger partial charge in [0.05, 0.1) is 12.8 Å². The lowest BCUT2D eigenvalue weighted by molar-refractivity contribution is 0.415. The molecule has 0 amide bonds. The van der Waals surface area contributed by atoms with Crippen molar-refractivity contribution in [3.05, 3.63) is 47.7 Å². The molecule has 0 atom stereocenters. The van der Waals surface area contributed by atoms with Gasteiger partial charge in [0.1, 0.15) is 5.75 Å². The predicted molar refractivity (Wildman–Crippen MR) is 71.6 cm³/mol. The Hall–Kier alpha value is -1.87. The van der Waals surface area contributed by atoms with E-state index in [4.69, 9.17) is 4.74 Å². The van der Waals surface area contributed by atoms with Crippen molar-refractivity contribution >= 4 is 0 Å². The lowest BCUT2D eigenvalue weighted by atomic mass is 9.93. The fraction of sp³-hybridized carbons (Fsp3) is 0.267. The maximum Gasteiger partial charge on any atom is 0.128 e. The molecule has 0 saturated carbocycles. The van der Waals surface area contributed by atoms with E-state index in [1.54, 1.807) is 7.11 Å². The molecule has 18 heavy (non-hydrogen) atoms. The van der Waals surface area contributed by atoms with Crippen molar-refractivity contribution in [3.8, 4) is 17.0 Å². The van der Waals surface area contributed by atoms with Gasteiger partial charge in [-0.25, -0.2) is 0 Å². The molecule has 3 nitrogen and oxygen atoms in total. The van der Waals surface area contributed by atoms with Crippen molar-refractivity contribution < 1.29 is 4.74 Å². The zero-order valence-electron chi connectivity index (χ0n) is 10.4.